The van der Waals surface area contributed by atoms with Crippen LogP contribution in [0.1, 0.15) is 46.7 Å². The van der Waals surface area contributed by atoms with Crippen molar-refractivity contribution < 1.29 is 4.79 Å². The standard InChI is InChI=1S/C22H24ClN3O/c1-4-19-22-17(9-10-25(19)3)18-11-16(23)7-8-20(18)26(22)13-21(27)15-6-5-14(2)24-12-15/h5-8,11-12,19H,4,9-10,13H2,1-3H3. The van der Waals surface area contributed by atoms with Gasteiger partial charge in [-0.1, -0.05) is 18.5 Å². The van der Waals surface area contributed by atoms with E-state index in [4.69, 9.17) is 11.6 Å². The highest BCUT2D eigenvalue weighted by molar-refractivity contribution is 6.31. The van der Waals surface area contributed by atoms with Crippen molar-refractivity contribution in [3.8, 4) is 0 Å². The summed E-state index contributed by atoms with van der Waals surface area (Å²) < 4.78 is 2.20. The third kappa shape index (κ3) is 3.17. The number of rotatable bonds is 4. The van der Waals surface area contributed by atoms with Gasteiger partial charge >= 0.3 is 0 Å². The van der Waals surface area contributed by atoms with E-state index in [9.17, 15) is 4.79 Å². The fourth-order valence-electron chi connectivity index (χ4n) is 4.26. The van der Waals surface area contributed by atoms with E-state index in [-0.39, 0.29) is 5.78 Å². The van der Waals surface area contributed by atoms with Crippen LogP contribution >= 0.6 is 11.6 Å². The maximum atomic E-state index is 13.0. The highest BCUT2D eigenvalue weighted by Crippen LogP contribution is 2.39. The second kappa shape index (κ2) is 7.10. The fourth-order valence-corrected chi connectivity index (χ4v) is 4.43. The number of ketones is 1. The Bertz CT molecular complexity index is 1010. The molecule has 4 rings (SSSR count). The molecule has 2 aromatic heterocycles. The molecule has 1 atom stereocenters. The molecule has 0 amide bonds. The van der Waals surface area contributed by atoms with E-state index in [0.29, 0.717) is 18.2 Å². The molecule has 140 valence electrons. The number of aryl methyl sites for hydroxylation is 1. The monoisotopic (exact) mass is 381 g/mol. The lowest BCUT2D eigenvalue weighted by molar-refractivity contribution is 0.0969. The molecule has 0 saturated carbocycles. The first-order chi connectivity index (χ1) is 13.0. The number of Topliss-reactive ketones (excluding diaryl/α,β-unsaturated/α-hetero) is 1. The van der Waals surface area contributed by atoms with Crippen LogP contribution in [0.2, 0.25) is 5.02 Å². The minimum atomic E-state index is 0.0835. The van der Waals surface area contributed by atoms with Gasteiger partial charge in [0, 0.05) is 51.7 Å². The Morgan fingerprint density at radius 3 is 2.81 bits per heavy atom. The number of aromatic nitrogens is 2. The lowest BCUT2D eigenvalue weighted by Crippen LogP contribution is -2.33. The molecule has 1 aliphatic rings. The summed E-state index contributed by atoms with van der Waals surface area (Å²) >= 11 is 6.29. The van der Waals surface area contributed by atoms with Gasteiger partial charge in [0.25, 0.3) is 0 Å². The van der Waals surface area contributed by atoms with E-state index in [1.165, 1.54) is 16.6 Å². The number of hydrogen-bond acceptors (Lipinski definition) is 3. The smallest absolute Gasteiger partial charge is 0.184 e. The first-order valence-electron chi connectivity index (χ1n) is 9.46. The van der Waals surface area contributed by atoms with Gasteiger partial charge in [-0.3, -0.25) is 14.7 Å². The third-order valence-corrected chi connectivity index (χ3v) is 5.89. The van der Waals surface area contributed by atoms with Crippen molar-refractivity contribution in [2.75, 3.05) is 13.6 Å². The molecule has 1 aromatic carbocycles. The molecular weight excluding hydrogens is 358 g/mol. The Kier molecular flexibility index (Phi) is 4.79. The second-order valence-corrected chi connectivity index (χ2v) is 7.81. The van der Waals surface area contributed by atoms with Crippen molar-refractivity contribution in [2.45, 2.75) is 39.3 Å². The Balaban J connectivity index is 1.85. The predicted octanol–water partition coefficient (Wildman–Crippen LogP) is 4.82. The van der Waals surface area contributed by atoms with Crippen LogP contribution in [-0.4, -0.2) is 33.8 Å². The molecule has 5 heteroatoms. The van der Waals surface area contributed by atoms with Crippen LogP contribution < -0.4 is 0 Å². The van der Waals surface area contributed by atoms with Crippen LogP contribution in [0.4, 0.5) is 0 Å². The minimum Gasteiger partial charge on any atom is -0.335 e. The van der Waals surface area contributed by atoms with Crippen molar-refractivity contribution in [2.24, 2.45) is 0 Å². The topological polar surface area (TPSA) is 38.1 Å². The van der Waals surface area contributed by atoms with Gasteiger partial charge in [0.05, 0.1) is 6.54 Å². The normalized spacial score (nSPS) is 17.3. The average molecular weight is 382 g/mol. The summed E-state index contributed by atoms with van der Waals surface area (Å²) in [5.74, 6) is 0.0835. The summed E-state index contributed by atoms with van der Waals surface area (Å²) in [5.41, 5.74) is 5.26. The van der Waals surface area contributed by atoms with Crippen LogP contribution in [0.15, 0.2) is 36.5 Å². The molecular formula is C22H24ClN3O. The molecule has 4 nitrogen and oxygen atoms in total. The molecule has 0 N–H and O–H groups in total. The van der Waals surface area contributed by atoms with Crippen molar-refractivity contribution in [3.05, 3.63) is 64.1 Å². The van der Waals surface area contributed by atoms with E-state index in [1.54, 1.807) is 6.20 Å². The third-order valence-electron chi connectivity index (χ3n) is 5.66. The molecule has 27 heavy (non-hydrogen) atoms. The summed E-state index contributed by atoms with van der Waals surface area (Å²) in [6.45, 7) is 5.47. The molecule has 0 aliphatic carbocycles. The van der Waals surface area contributed by atoms with Crippen molar-refractivity contribution >= 4 is 28.3 Å². The fraction of sp³-hybridized carbons (Fsp3) is 0.364. The van der Waals surface area contributed by atoms with Crippen LogP contribution in [0.3, 0.4) is 0 Å². The van der Waals surface area contributed by atoms with E-state index >= 15 is 0 Å². The summed E-state index contributed by atoms with van der Waals surface area (Å²) in [5, 5.41) is 1.92. The quantitative estimate of drug-likeness (QED) is 0.608. The van der Waals surface area contributed by atoms with Crippen LogP contribution in [0.5, 0.6) is 0 Å². The van der Waals surface area contributed by atoms with E-state index in [0.717, 1.165) is 35.6 Å². The van der Waals surface area contributed by atoms with E-state index < -0.39 is 0 Å². The highest BCUT2D eigenvalue weighted by atomic mass is 35.5. The summed E-state index contributed by atoms with van der Waals surface area (Å²) in [7, 11) is 2.16. The largest absolute Gasteiger partial charge is 0.335 e. The van der Waals surface area contributed by atoms with Gasteiger partial charge in [0.15, 0.2) is 5.78 Å². The van der Waals surface area contributed by atoms with Gasteiger partial charge < -0.3 is 4.57 Å². The molecule has 0 bridgehead atoms. The number of carbonyl (C=O) groups is 1. The van der Waals surface area contributed by atoms with Crippen molar-refractivity contribution in [3.63, 3.8) is 0 Å². The molecule has 3 heterocycles. The minimum absolute atomic E-state index is 0.0835. The van der Waals surface area contributed by atoms with Crippen LogP contribution in [0.25, 0.3) is 10.9 Å². The Labute approximate surface area is 164 Å². The number of halogens is 1. The number of nitrogens with zero attached hydrogens (tertiary/aromatic N) is 3. The van der Waals surface area contributed by atoms with E-state index in [2.05, 4.69) is 28.4 Å². The van der Waals surface area contributed by atoms with E-state index in [1.807, 2.05) is 37.3 Å². The molecule has 0 spiro atoms. The zero-order valence-electron chi connectivity index (χ0n) is 16.0. The number of carbonyl (C=O) groups excluding carboxylic acids is 1. The number of pyridine rings is 1. The molecule has 3 aromatic rings. The number of benzene rings is 1. The highest BCUT2D eigenvalue weighted by Gasteiger charge is 2.30. The predicted molar refractivity (Wildman–Crippen MR) is 110 cm³/mol. The lowest BCUT2D eigenvalue weighted by Gasteiger charge is -2.33. The first kappa shape index (κ1) is 18.2. The first-order valence-corrected chi connectivity index (χ1v) is 9.84. The Morgan fingerprint density at radius 1 is 1.30 bits per heavy atom. The molecule has 0 saturated heterocycles. The van der Waals surface area contributed by atoms with Crippen LogP contribution in [0, 0.1) is 6.92 Å². The molecule has 0 radical (unpaired) electrons. The maximum absolute atomic E-state index is 13.0. The second-order valence-electron chi connectivity index (χ2n) is 7.38. The Hall–Kier alpha value is -2.17. The zero-order valence-corrected chi connectivity index (χ0v) is 16.8. The summed E-state index contributed by atoms with van der Waals surface area (Å²) in [6.07, 6.45) is 3.66. The maximum Gasteiger partial charge on any atom is 0.184 e. The van der Waals surface area contributed by atoms with Gasteiger partial charge in [0.2, 0.25) is 0 Å². The number of likely N-dealkylation sites (N-methyl/N-ethyl adjacent to an activating group) is 1. The van der Waals surface area contributed by atoms with Crippen molar-refractivity contribution in [1.29, 1.82) is 0 Å². The van der Waals surface area contributed by atoms with Gasteiger partial charge in [-0.05, 0) is 62.7 Å². The Morgan fingerprint density at radius 2 is 2.11 bits per heavy atom. The lowest BCUT2D eigenvalue weighted by atomic mass is 9.96. The van der Waals surface area contributed by atoms with Crippen LogP contribution in [-0.2, 0) is 13.0 Å². The number of fused-ring (bicyclic) bond motifs is 3. The average Bonchev–Trinajstić information content (AvgIpc) is 2.95. The molecule has 0 fully saturated rings. The number of hydrogen-bond donors (Lipinski definition) is 0. The molecule has 1 aliphatic heterocycles. The molecule has 1 unspecified atom stereocenters. The van der Waals surface area contributed by atoms with Crippen molar-refractivity contribution in [1.82, 2.24) is 14.5 Å². The SMILES string of the molecule is CCC1c2c(c3cc(Cl)ccc3n2CC(=O)c2ccc(C)nc2)CCN1C. The van der Waals surface area contributed by atoms with Gasteiger partial charge in [-0.15, -0.1) is 0 Å². The summed E-state index contributed by atoms with van der Waals surface area (Å²) in [4.78, 5) is 19.7. The van der Waals surface area contributed by atoms with Gasteiger partial charge in [-0.2, -0.15) is 0 Å². The van der Waals surface area contributed by atoms with Gasteiger partial charge in [0.1, 0.15) is 0 Å². The van der Waals surface area contributed by atoms with Gasteiger partial charge in [-0.25, -0.2) is 0 Å². The summed E-state index contributed by atoms with van der Waals surface area (Å²) in [6, 6.07) is 10.1. The zero-order chi connectivity index (χ0) is 19.1.